The van der Waals surface area contributed by atoms with Crippen LogP contribution in [0, 0.1) is 0 Å². The van der Waals surface area contributed by atoms with Crippen molar-refractivity contribution in [1.29, 1.82) is 0 Å². The Labute approximate surface area is 323 Å². The van der Waals surface area contributed by atoms with Crippen molar-refractivity contribution >= 4 is 19.8 Å². The lowest BCUT2D eigenvalue weighted by molar-refractivity contribution is -0.161. The molecule has 0 aliphatic carbocycles. The minimum atomic E-state index is -4.62. The molecular weight excluding hydrogens is 695 g/mol. The Morgan fingerprint density at radius 3 is 1.43 bits per heavy atom. The Hall–Kier alpha value is -1.55. The van der Waals surface area contributed by atoms with Crippen LogP contribution in [0.25, 0.3) is 0 Å². The molecule has 1 unspecified atom stereocenters. The number of ether oxygens (including phenoxy) is 2. The third-order valence-electron chi connectivity index (χ3n) is 9.09. The van der Waals surface area contributed by atoms with Crippen LogP contribution in [0.4, 0.5) is 0 Å². The summed E-state index contributed by atoms with van der Waals surface area (Å²) < 4.78 is 32.6. The van der Waals surface area contributed by atoms with Gasteiger partial charge >= 0.3 is 19.8 Å². The minimum absolute atomic E-state index is 0.149. The Balaban J connectivity index is 4.37. The number of aliphatic hydroxyl groups excluding tert-OH is 2. The number of hydrogen-bond donors (Lipinski definition) is 3. The summed E-state index contributed by atoms with van der Waals surface area (Å²) in [6, 6.07) is 0. The van der Waals surface area contributed by atoms with Crippen LogP contribution in [-0.2, 0) is 32.7 Å². The zero-order valence-electron chi connectivity index (χ0n) is 33.7. The second kappa shape index (κ2) is 38.7. The largest absolute Gasteiger partial charge is 0.472 e. The first-order chi connectivity index (χ1) is 25.7. The normalized spacial score (nSPS) is 14.1. The molecule has 0 saturated heterocycles. The molecule has 10 nitrogen and oxygen atoms in total. The van der Waals surface area contributed by atoms with E-state index in [0.29, 0.717) is 12.8 Å². The van der Waals surface area contributed by atoms with Crippen molar-refractivity contribution in [2.75, 3.05) is 26.4 Å². The fourth-order valence-electron chi connectivity index (χ4n) is 5.77. The number of carbonyl (C=O) groups is 2. The monoisotopic (exact) mass is 775 g/mol. The van der Waals surface area contributed by atoms with Crippen molar-refractivity contribution in [2.45, 2.75) is 206 Å². The van der Waals surface area contributed by atoms with Gasteiger partial charge in [-0.2, -0.15) is 0 Å². The molecule has 0 saturated carbocycles. The highest BCUT2D eigenvalue weighted by Crippen LogP contribution is 2.43. The van der Waals surface area contributed by atoms with E-state index in [9.17, 15) is 24.2 Å². The summed E-state index contributed by atoms with van der Waals surface area (Å²) in [4.78, 5) is 34.9. The molecule has 312 valence electrons. The fourth-order valence-corrected chi connectivity index (χ4v) is 6.56. The highest BCUT2D eigenvalue weighted by atomic mass is 31.2. The zero-order valence-corrected chi connectivity index (χ0v) is 34.6. The predicted molar refractivity (Wildman–Crippen MR) is 215 cm³/mol. The van der Waals surface area contributed by atoms with E-state index in [1.165, 1.54) is 122 Å². The van der Waals surface area contributed by atoms with Gasteiger partial charge < -0.3 is 24.6 Å². The van der Waals surface area contributed by atoms with E-state index < -0.39 is 51.8 Å². The average Bonchev–Trinajstić information content (AvgIpc) is 3.14. The number of hydrogen-bond acceptors (Lipinski definition) is 9. The van der Waals surface area contributed by atoms with Crippen LogP contribution in [0.5, 0.6) is 0 Å². The van der Waals surface area contributed by atoms with Gasteiger partial charge in [-0.3, -0.25) is 18.6 Å². The second-order valence-electron chi connectivity index (χ2n) is 14.4. The van der Waals surface area contributed by atoms with E-state index >= 15 is 0 Å². The summed E-state index contributed by atoms with van der Waals surface area (Å²) in [6.07, 6.45) is 37.3. The molecule has 3 atom stereocenters. The van der Waals surface area contributed by atoms with Gasteiger partial charge in [0.1, 0.15) is 12.7 Å². The van der Waals surface area contributed by atoms with Crippen molar-refractivity contribution < 1.29 is 47.8 Å². The topological polar surface area (TPSA) is 149 Å². The highest BCUT2D eigenvalue weighted by Gasteiger charge is 2.27. The maximum absolute atomic E-state index is 12.6. The molecule has 0 rings (SSSR count). The first-order valence-corrected chi connectivity index (χ1v) is 22.8. The molecule has 0 heterocycles. The van der Waals surface area contributed by atoms with Gasteiger partial charge in [0.15, 0.2) is 6.10 Å². The third-order valence-corrected chi connectivity index (χ3v) is 10.0. The van der Waals surface area contributed by atoms with Crippen LogP contribution >= 0.6 is 7.82 Å². The van der Waals surface area contributed by atoms with Crippen molar-refractivity contribution in [3.63, 3.8) is 0 Å². The number of aliphatic hydroxyl groups is 2. The van der Waals surface area contributed by atoms with Crippen LogP contribution in [0.15, 0.2) is 24.3 Å². The first-order valence-electron chi connectivity index (χ1n) is 21.3. The van der Waals surface area contributed by atoms with E-state index in [1.807, 2.05) is 6.08 Å². The molecule has 11 heteroatoms. The molecule has 0 amide bonds. The lowest BCUT2D eigenvalue weighted by Crippen LogP contribution is -2.29. The lowest BCUT2D eigenvalue weighted by Gasteiger charge is -2.20. The lowest BCUT2D eigenvalue weighted by atomic mass is 10.1. The van der Waals surface area contributed by atoms with Gasteiger partial charge in [-0.25, -0.2) is 4.57 Å². The molecule has 53 heavy (non-hydrogen) atoms. The molecule has 0 radical (unpaired) electrons. The Kier molecular flexibility index (Phi) is 37.6. The molecule has 3 N–H and O–H groups in total. The van der Waals surface area contributed by atoms with Crippen molar-refractivity contribution in [3.05, 3.63) is 24.3 Å². The van der Waals surface area contributed by atoms with Crippen LogP contribution in [-0.4, -0.2) is 65.7 Å². The van der Waals surface area contributed by atoms with E-state index in [0.717, 1.165) is 32.1 Å². The summed E-state index contributed by atoms with van der Waals surface area (Å²) in [7, 11) is -4.62. The predicted octanol–water partition coefficient (Wildman–Crippen LogP) is 11.0. The van der Waals surface area contributed by atoms with Crippen molar-refractivity contribution in [3.8, 4) is 0 Å². The zero-order chi connectivity index (χ0) is 39.1. The number of phosphoric ester groups is 1. The molecule has 0 aromatic rings. The SMILES string of the molecule is CCCCCCCCCCC/C=C/CCCCC(=O)O[C@H](COC(=O)CC/C=C/CCCCCCCCCCCCC)COP(=O)(O)OC[C@@H](O)CO. The number of carbonyl (C=O) groups excluding carboxylic acids is 2. The summed E-state index contributed by atoms with van der Waals surface area (Å²) in [5.74, 6) is -1.00. The van der Waals surface area contributed by atoms with Crippen LogP contribution in [0.2, 0.25) is 0 Å². The highest BCUT2D eigenvalue weighted by molar-refractivity contribution is 7.47. The van der Waals surface area contributed by atoms with Gasteiger partial charge in [0.2, 0.25) is 0 Å². The van der Waals surface area contributed by atoms with Crippen molar-refractivity contribution in [1.82, 2.24) is 0 Å². The molecule has 0 aromatic carbocycles. The Bertz CT molecular complexity index is 941. The van der Waals surface area contributed by atoms with Gasteiger partial charge in [-0.15, -0.1) is 0 Å². The Morgan fingerprint density at radius 1 is 0.547 bits per heavy atom. The molecule has 0 bridgehead atoms. The fraction of sp³-hybridized carbons (Fsp3) is 0.857. The van der Waals surface area contributed by atoms with Gasteiger partial charge in [0.25, 0.3) is 0 Å². The molecule has 0 aromatic heterocycles. The van der Waals surface area contributed by atoms with Crippen LogP contribution in [0.3, 0.4) is 0 Å². The quantitative estimate of drug-likeness (QED) is 0.0238. The van der Waals surface area contributed by atoms with Crippen LogP contribution in [0.1, 0.15) is 194 Å². The molecular formula is C42H79O10P. The van der Waals surface area contributed by atoms with Gasteiger partial charge in [-0.1, -0.05) is 154 Å². The number of unbranched alkanes of at least 4 members (excludes halogenated alkanes) is 22. The van der Waals surface area contributed by atoms with Gasteiger partial charge in [0.05, 0.1) is 19.8 Å². The third kappa shape index (κ3) is 38.5. The first kappa shape index (κ1) is 51.5. The summed E-state index contributed by atoms with van der Waals surface area (Å²) in [5, 5.41) is 18.3. The standard InChI is InChI=1S/C42H79O10P/c1-3-5-7-9-11-13-15-17-19-21-23-25-27-29-31-33-41(45)49-37-40(38-51-53(47,48)50-36-39(44)35-43)52-42(46)34-32-30-28-26-24-22-20-18-16-14-12-10-8-6-4-2/h24,26-27,29,39-40,43-44H,3-23,25,28,30-38H2,1-2H3,(H,47,48)/b26-24+,29-27+/t39-,40+/m0/s1. The van der Waals surface area contributed by atoms with E-state index in [1.54, 1.807) is 0 Å². The minimum Gasteiger partial charge on any atom is -0.462 e. The number of esters is 2. The summed E-state index contributed by atoms with van der Waals surface area (Å²) >= 11 is 0. The average molecular weight is 775 g/mol. The Morgan fingerprint density at radius 2 is 0.962 bits per heavy atom. The number of allylic oxidation sites excluding steroid dienone is 4. The number of rotatable bonds is 40. The smallest absolute Gasteiger partial charge is 0.462 e. The van der Waals surface area contributed by atoms with E-state index in [-0.39, 0.29) is 19.4 Å². The molecule has 0 aliphatic heterocycles. The maximum Gasteiger partial charge on any atom is 0.472 e. The van der Waals surface area contributed by atoms with Crippen molar-refractivity contribution in [2.24, 2.45) is 0 Å². The summed E-state index contributed by atoms with van der Waals surface area (Å²) in [5.41, 5.74) is 0. The van der Waals surface area contributed by atoms with Gasteiger partial charge in [0, 0.05) is 12.8 Å². The molecule has 0 aliphatic rings. The molecule has 0 fully saturated rings. The second-order valence-corrected chi connectivity index (χ2v) is 15.8. The summed E-state index contributed by atoms with van der Waals surface area (Å²) in [6.45, 7) is 2.32. The molecule has 0 spiro atoms. The van der Waals surface area contributed by atoms with E-state index in [4.69, 9.17) is 19.1 Å². The maximum atomic E-state index is 12.6. The van der Waals surface area contributed by atoms with Crippen LogP contribution < -0.4 is 0 Å². The number of phosphoric acid groups is 1. The van der Waals surface area contributed by atoms with Gasteiger partial charge in [-0.05, 0) is 51.4 Å². The van der Waals surface area contributed by atoms with E-state index in [2.05, 4.69) is 36.6 Å².